The highest BCUT2D eigenvalue weighted by Gasteiger charge is 2.33. The van der Waals surface area contributed by atoms with Gasteiger partial charge in [-0.1, -0.05) is 29.8 Å². The number of fused-ring (bicyclic) bond motifs is 1. The Bertz CT molecular complexity index is 849. The molecule has 0 saturated heterocycles. The molecule has 1 aliphatic rings. The van der Waals surface area contributed by atoms with Gasteiger partial charge in [0.05, 0.1) is 0 Å². The Morgan fingerprint density at radius 2 is 1.91 bits per heavy atom. The number of nitrogens with zero attached hydrogens (tertiary/aromatic N) is 1. The van der Waals surface area contributed by atoms with E-state index in [0.717, 1.165) is 39.9 Å². The van der Waals surface area contributed by atoms with Crippen molar-refractivity contribution in [3.8, 4) is 0 Å². The van der Waals surface area contributed by atoms with Crippen molar-refractivity contribution in [1.29, 1.82) is 0 Å². The standard InChI is InChI=1S/C19H17ClN2O/c20-14-6-4-13(5-7-14)12-22(15-8-9-15)19(23)17-2-1-3-18-16(17)10-11-21-18/h1-7,10-11,15,21H,8-9,12H2. The highest BCUT2D eigenvalue weighted by Crippen LogP contribution is 2.31. The molecule has 4 heteroatoms. The first-order valence-corrected chi connectivity index (χ1v) is 8.22. The van der Waals surface area contributed by atoms with E-state index in [1.807, 2.05) is 59.6 Å². The third-order valence-electron chi connectivity index (χ3n) is 4.34. The monoisotopic (exact) mass is 324 g/mol. The first kappa shape index (κ1) is 14.3. The zero-order valence-electron chi connectivity index (χ0n) is 12.6. The van der Waals surface area contributed by atoms with Crippen LogP contribution in [0.3, 0.4) is 0 Å². The Morgan fingerprint density at radius 3 is 2.65 bits per heavy atom. The maximum absolute atomic E-state index is 13.1. The zero-order valence-corrected chi connectivity index (χ0v) is 13.4. The summed E-state index contributed by atoms with van der Waals surface area (Å²) in [5.41, 5.74) is 2.87. The van der Waals surface area contributed by atoms with Gasteiger partial charge in [0.1, 0.15) is 0 Å². The van der Waals surface area contributed by atoms with Crippen LogP contribution >= 0.6 is 11.6 Å². The number of aromatic nitrogens is 1. The molecule has 0 radical (unpaired) electrons. The number of carbonyl (C=O) groups excluding carboxylic acids is 1. The van der Waals surface area contributed by atoms with Crippen LogP contribution in [0.1, 0.15) is 28.8 Å². The minimum absolute atomic E-state index is 0.104. The lowest BCUT2D eigenvalue weighted by Crippen LogP contribution is -2.32. The third-order valence-corrected chi connectivity index (χ3v) is 4.59. The lowest BCUT2D eigenvalue weighted by atomic mass is 10.1. The van der Waals surface area contributed by atoms with E-state index in [1.165, 1.54) is 0 Å². The highest BCUT2D eigenvalue weighted by molar-refractivity contribution is 6.30. The summed E-state index contributed by atoms with van der Waals surface area (Å²) >= 11 is 5.95. The van der Waals surface area contributed by atoms with Crippen molar-refractivity contribution < 1.29 is 4.79 Å². The van der Waals surface area contributed by atoms with Gasteiger partial charge in [-0.05, 0) is 48.7 Å². The molecule has 0 bridgehead atoms. The molecule has 2 aromatic carbocycles. The molecule has 1 fully saturated rings. The van der Waals surface area contributed by atoms with E-state index in [2.05, 4.69) is 4.98 Å². The van der Waals surface area contributed by atoms with E-state index in [4.69, 9.17) is 11.6 Å². The van der Waals surface area contributed by atoms with Gasteiger partial charge in [-0.3, -0.25) is 4.79 Å². The van der Waals surface area contributed by atoms with Crippen molar-refractivity contribution in [3.05, 3.63) is 70.9 Å². The predicted molar refractivity (Wildman–Crippen MR) is 92.6 cm³/mol. The van der Waals surface area contributed by atoms with Crippen LogP contribution in [0.4, 0.5) is 0 Å². The number of hydrogen-bond acceptors (Lipinski definition) is 1. The number of rotatable bonds is 4. The fourth-order valence-corrected chi connectivity index (χ4v) is 3.09. The second kappa shape index (κ2) is 5.74. The molecule has 0 unspecified atom stereocenters. The second-order valence-corrected chi connectivity index (χ2v) is 6.47. The molecule has 1 aromatic heterocycles. The molecule has 4 rings (SSSR count). The molecule has 3 aromatic rings. The first-order valence-electron chi connectivity index (χ1n) is 7.84. The minimum atomic E-state index is 0.104. The second-order valence-electron chi connectivity index (χ2n) is 6.04. The van der Waals surface area contributed by atoms with Gasteiger partial charge < -0.3 is 9.88 Å². The van der Waals surface area contributed by atoms with Gasteiger partial charge in [-0.25, -0.2) is 0 Å². The molecule has 1 heterocycles. The van der Waals surface area contributed by atoms with Crippen molar-refractivity contribution in [3.63, 3.8) is 0 Å². The molecule has 1 aliphatic carbocycles. The average molecular weight is 325 g/mol. The normalized spacial score (nSPS) is 14.1. The molecule has 116 valence electrons. The zero-order chi connectivity index (χ0) is 15.8. The van der Waals surface area contributed by atoms with Gasteiger partial charge in [-0.2, -0.15) is 0 Å². The molecule has 3 nitrogen and oxygen atoms in total. The lowest BCUT2D eigenvalue weighted by molar-refractivity contribution is 0.0732. The largest absolute Gasteiger partial charge is 0.361 e. The van der Waals surface area contributed by atoms with E-state index in [1.54, 1.807) is 0 Å². The van der Waals surface area contributed by atoms with Gasteiger partial charge in [0.2, 0.25) is 0 Å². The Hall–Kier alpha value is -2.26. The average Bonchev–Trinajstić information content (AvgIpc) is 3.29. The predicted octanol–water partition coefficient (Wildman–Crippen LogP) is 4.63. The van der Waals surface area contributed by atoms with Gasteiger partial charge in [0, 0.05) is 40.3 Å². The molecular weight excluding hydrogens is 308 g/mol. The highest BCUT2D eigenvalue weighted by atomic mass is 35.5. The van der Waals surface area contributed by atoms with Gasteiger partial charge in [-0.15, -0.1) is 0 Å². The van der Waals surface area contributed by atoms with Gasteiger partial charge in [0.25, 0.3) is 5.91 Å². The summed E-state index contributed by atoms with van der Waals surface area (Å²) < 4.78 is 0. The van der Waals surface area contributed by atoms with Gasteiger partial charge >= 0.3 is 0 Å². The quantitative estimate of drug-likeness (QED) is 0.746. The third kappa shape index (κ3) is 2.84. The molecule has 0 aliphatic heterocycles. The number of aromatic amines is 1. The summed E-state index contributed by atoms with van der Waals surface area (Å²) in [7, 11) is 0. The van der Waals surface area contributed by atoms with E-state index >= 15 is 0 Å². The van der Waals surface area contributed by atoms with Crippen molar-refractivity contribution in [2.75, 3.05) is 0 Å². The Kier molecular flexibility index (Phi) is 3.58. The van der Waals surface area contributed by atoms with Crippen LogP contribution in [0.5, 0.6) is 0 Å². The van der Waals surface area contributed by atoms with Crippen molar-refractivity contribution >= 4 is 28.4 Å². The molecular formula is C19H17ClN2O. The van der Waals surface area contributed by atoms with Crippen molar-refractivity contribution in [2.45, 2.75) is 25.4 Å². The molecule has 1 N–H and O–H groups in total. The fraction of sp³-hybridized carbons (Fsp3) is 0.211. The van der Waals surface area contributed by atoms with Gasteiger partial charge in [0.15, 0.2) is 0 Å². The molecule has 0 atom stereocenters. The summed E-state index contributed by atoms with van der Waals surface area (Å²) in [5, 5.41) is 1.70. The topological polar surface area (TPSA) is 36.1 Å². The van der Waals surface area contributed by atoms with E-state index in [-0.39, 0.29) is 5.91 Å². The summed E-state index contributed by atoms with van der Waals surface area (Å²) in [6, 6.07) is 15.9. The summed E-state index contributed by atoms with van der Waals surface area (Å²) in [6.45, 7) is 0.626. The number of carbonyl (C=O) groups is 1. The summed E-state index contributed by atoms with van der Waals surface area (Å²) in [5.74, 6) is 0.104. The van der Waals surface area contributed by atoms with Crippen LogP contribution in [0.25, 0.3) is 10.9 Å². The Labute approximate surface area is 139 Å². The van der Waals surface area contributed by atoms with Crippen molar-refractivity contribution in [1.82, 2.24) is 9.88 Å². The van der Waals surface area contributed by atoms with Crippen molar-refractivity contribution in [2.24, 2.45) is 0 Å². The van der Waals surface area contributed by atoms with Crippen LogP contribution in [0.2, 0.25) is 5.02 Å². The summed E-state index contributed by atoms with van der Waals surface area (Å²) in [4.78, 5) is 18.3. The Balaban J connectivity index is 1.66. The van der Waals surface area contributed by atoms with Crippen LogP contribution in [-0.2, 0) is 6.54 Å². The number of nitrogens with one attached hydrogen (secondary N) is 1. The van der Waals surface area contributed by atoms with E-state index < -0.39 is 0 Å². The maximum atomic E-state index is 13.1. The van der Waals surface area contributed by atoms with E-state index in [9.17, 15) is 4.79 Å². The number of H-pyrrole nitrogens is 1. The van der Waals surface area contributed by atoms with Crippen LogP contribution in [-0.4, -0.2) is 21.8 Å². The maximum Gasteiger partial charge on any atom is 0.255 e. The Morgan fingerprint density at radius 1 is 1.13 bits per heavy atom. The van der Waals surface area contributed by atoms with Crippen LogP contribution < -0.4 is 0 Å². The summed E-state index contributed by atoms with van der Waals surface area (Å²) in [6.07, 6.45) is 4.05. The first-order chi connectivity index (χ1) is 11.2. The smallest absolute Gasteiger partial charge is 0.255 e. The number of halogens is 1. The number of benzene rings is 2. The SMILES string of the molecule is O=C(c1cccc2[nH]ccc12)N(Cc1ccc(Cl)cc1)C1CC1. The molecule has 1 amide bonds. The molecule has 23 heavy (non-hydrogen) atoms. The van der Waals surface area contributed by atoms with Crippen LogP contribution in [0, 0.1) is 0 Å². The van der Waals surface area contributed by atoms with E-state index in [0.29, 0.717) is 12.6 Å². The van der Waals surface area contributed by atoms with Crippen LogP contribution in [0.15, 0.2) is 54.7 Å². The minimum Gasteiger partial charge on any atom is -0.361 e. The lowest BCUT2D eigenvalue weighted by Gasteiger charge is -2.23. The number of hydrogen-bond donors (Lipinski definition) is 1. The molecule has 1 saturated carbocycles. The number of amides is 1. The molecule has 0 spiro atoms. The fourth-order valence-electron chi connectivity index (χ4n) is 2.97.